The van der Waals surface area contributed by atoms with Gasteiger partial charge in [-0.05, 0) is 44.2 Å². The molecule has 0 unspecified atom stereocenters. The molecule has 0 radical (unpaired) electrons. The summed E-state index contributed by atoms with van der Waals surface area (Å²) < 4.78 is 8.72. The minimum absolute atomic E-state index is 0.339. The van der Waals surface area contributed by atoms with Crippen LogP contribution in [0.1, 0.15) is 23.7 Å². The molecular weight excluding hydrogens is 316 g/mol. The molecule has 0 spiro atoms. The summed E-state index contributed by atoms with van der Waals surface area (Å²) in [4.78, 5) is 11.6. The van der Waals surface area contributed by atoms with Gasteiger partial charge in [-0.3, -0.25) is 4.68 Å². The van der Waals surface area contributed by atoms with Crippen LogP contribution in [0, 0.1) is 18.3 Å². The maximum absolute atomic E-state index is 11.6. The molecular formula is C19H18N4O2. The van der Waals surface area contributed by atoms with Gasteiger partial charge in [0.2, 0.25) is 0 Å². The lowest BCUT2D eigenvalue weighted by Gasteiger charge is -2.08. The van der Waals surface area contributed by atoms with Gasteiger partial charge in [0.15, 0.2) is 0 Å². The van der Waals surface area contributed by atoms with Crippen LogP contribution in [0.5, 0.6) is 0 Å². The fourth-order valence-electron chi connectivity index (χ4n) is 2.88. The highest BCUT2D eigenvalue weighted by Crippen LogP contribution is 2.26. The summed E-state index contributed by atoms with van der Waals surface area (Å²) in [7, 11) is 1.86. The maximum Gasteiger partial charge on any atom is 0.330 e. The van der Waals surface area contributed by atoms with Crippen LogP contribution < -0.4 is 0 Å². The second-order valence-corrected chi connectivity index (χ2v) is 5.60. The van der Waals surface area contributed by atoms with Crippen LogP contribution in [0.2, 0.25) is 0 Å². The van der Waals surface area contributed by atoms with Gasteiger partial charge in [0.1, 0.15) is 5.82 Å². The van der Waals surface area contributed by atoms with E-state index in [0.717, 1.165) is 28.0 Å². The number of benzene rings is 1. The Morgan fingerprint density at radius 2 is 2.20 bits per heavy atom. The van der Waals surface area contributed by atoms with E-state index in [1.807, 2.05) is 42.9 Å². The molecule has 2 aromatic heterocycles. The summed E-state index contributed by atoms with van der Waals surface area (Å²) in [6.07, 6.45) is 5.08. The molecule has 3 aromatic rings. The van der Waals surface area contributed by atoms with Crippen molar-refractivity contribution < 1.29 is 9.53 Å². The SMILES string of the molecule is CCOC(=O)C=Cc1c(C)nn(C)c1-n1ccc2cc(C#N)ccc21. The smallest absolute Gasteiger partial charge is 0.330 e. The van der Waals surface area contributed by atoms with Crippen molar-refractivity contribution in [2.24, 2.45) is 7.05 Å². The van der Waals surface area contributed by atoms with E-state index in [1.165, 1.54) is 6.08 Å². The third-order valence-electron chi connectivity index (χ3n) is 3.96. The molecule has 2 heterocycles. The lowest BCUT2D eigenvalue weighted by Crippen LogP contribution is -2.03. The van der Waals surface area contributed by atoms with Gasteiger partial charge in [-0.25, -0.2) is 4.79 Å². The zero-order chi connectivity index (χ0) is 18.0. The van der Waals surface area contributed by atoms with Crippen molar-refractivity contribution in [3.05, 3.63) is 53.4 Å². The Hall–Kier alpha value is -3.33. The van der Waals surface area contributed by atoms with Crippen LogP contribution in [0.15, 0.2) is 36.5 Å². The highest BCUT2D eigenvalue weighted by atomic mass is 16.5. The number of carbonyl (C=O) groups is 1. The Balaban J connectivity index is 2.12. The molecule has 6 heteroatoms. The summed E-state index contributed by atoms with van der Waals surface area (Å²) in [5, 5.41) is 14.5. The Kier molecular flexibility index (Phi) is 4.40. The molecule has 0 saturated heterocycles. The number of carbonyl (C=O) groups excluding carboxylic acids is 1. The topological polar surface area (TPSA) is 72.8 Å². The number of nitrogens with zero attached hydrogens (tertiary/aromatic N) is 4. The Morgan fingerprint density at radius 1 is 1.40 bits per heavy atom. The average Bonchev–Trinajstić information content (AvgIpc) is 3.12. The average molecular weight is 334 g/mol. The number of hydrogen-bond donors (Lipinski definition) is 0. The van der Waals surface area contributed by atoms with Gasteiger partial charge < -0.3 is 9.30 Å². The van der Waals surface area contributed by atoms with Crippen molar-refractivity contribution in [3.63, 3.8) is 0 Å². The van der Waals surface area contributed by atoms with Crippen LogP contribution in [-0.2, 0) is 16.6 Å². The molecule has 126 valence electrons. The monoisotopic (exact) mass is 334 g/mol. The number of ether oxygens (including phenoxy) is 1. The molecule has 0 bridgehead atoms. The summed E-state index contributed by atoms with van der Waals surface area (Å²) in [6.45, 7) is 4.01. The first-order valence-electron chi connectivity index (χ1n) is 7.95. The number of fused-ring (bicyclic) bond motifs is 1. The summed E-state index contributed by atoms with van der Waals surface area (Å²) >= 11 is 0. The summed E-state index contributed by atoms with van der Waals surface area (Å²) in [6, 6.07) is 9.66. The van der Waals surface area contributed by atoms with Crippen LogP contribution in [0.25, 0.3) is 22.8 Å². The van der Waals surface area contributed by atoms with Crippen molar-refractivity contribution in [3.8, 4) is 11.9 Å². The quantitative estimate of drug-likeness (QED) is 0.543. The highest BCUT2D eigenvalue weighted by molar-refractivity contribution is 5.89. The fraction of sp³-hybridized carbons (Fsp3) is 0.211. The van der Waals surface area contributed by atoms with E-state index in [-0.39, 0.29) is 5.97 Å². The standard InChI is InChI=1S/C19H18N4O2/c1-4-25-18(24)8-6-16-13(2)21-22(3)19(16)23-10-9-15-11-14(12-20)5-7-17(15)23/h5-11H,4H2,1-3H3. The minimum atomic E-state index is -0.382. The van der Waals surface area contributed by atoms with Crippen LogP contribution in [0.3, 0.4) is 0 Å². The Morgan fingerprint density at radius 3 is 2.92 bits per heavy atom. The Labute approximate surface area is 145 Å². The minimum Gasteiger partial charge on any atom is -0.463 e. The second kappa shape index (κ2) is 6.65. The van der Waals surface area contributed by atoms with Crippen molar-refractivity contribution >= 4 is 22.9 Å². The van der Waals surface area contributed by atoms with Crippen LogP contribution in [-0.4, -0.2) is 26.9 Å². The predicted molar refractivity (Wildman–Crippen MR) is 95.2 cm³/mol. The molecule has 6 nitrogen and oxygen atoms in total. The third kappa shape index (κ3) is 3.04. The number of aromatic nitrogens is 3. The first kappa shape index (κ1) is 16.5. The van der Waals surface area contributed by atoms with Gasteiger partial charge in [-0.1, -0.05) is 0 Å². The van der Waals surface area contributed by atoms with Gasteiger partial charge in [0, 0.05) is 30.3 Å². The van der Waals surface area contributed by atoms with Gasteiger partial charge >= 0.3 is 5.97 Å². The number of aryl methyl sites for hydroxylation is 2. The van der Waals surface area contributed by atoms with Gasteiger partial charge in [-0.15, -0.1) is 0 Å². The molecule has 0 atom stereocenters. The van der Waals surface area contributed by atoms with Crippen LogP contribution >= 0.6 is 0 Å². The number of esters is 1. The molecule has 25 heavy (non-hydrogen) atoms. The zero-order valence-corrected chi connectivity index (χ0v) is 14.4. The Bertz CT molecular complexity index is 1020. The first-order chi connectivity index (χ1) is 12.0. The fourth-order valence-corrected chi connectivity index (χ4v) is 2.88. The lowest BCUT2D eigenvalue weighted by molar-refractivity contribution is -0.137. The summed E-state index contributed by atoms with van der Waals surface area (Å²) in [5.74, 6) is 0.463. The van der Waals surface area contributed by atoms with Gasteiger partial charge in [-0.2, -0.15) is 10.4 Å². The predicted octanol–water partition coefficient (Wildman–Crippen LogP) is 3.12. The van der Waals surface area contributed by atoms with Gasteiger partial charge in [0.05, 0.1) is 29.5 Å². The molecule has 0 aliphatic carbocycles. The molecule has 0 aliphatic heterocycles. The van der Waals surface area contributed by atoms with E-state index in [2.05, 4.69) is 11.2 Å². The molecule has 0 aliphatic rings. The number of rotatable bonds is 4. The largest absolute Gasteiger partial charge is 0.463 e. The summed E-state index contributed by atoms with van der Waals surface area (Å²) in [5.41, 5.74) is 3.24. The molecule has 0 saturated carbocycles. The molecule has 0 amide bonds. The zero-order valence-electron chi connectivity index (χ0n) is 14.4. The third-order valence-corrected chi connectivity index (χ3v) is 3.96. The highest BCUT2D eigenvalue weighted by Gasteiger charge is 2.15. The molecule has 1 aromatic carbocycles. The van der Waals surface area contributed by atoms with E-state index < -0.39 is 0 Å². The van der Waals surface area contributed by atoms with Crippen molar-refractivity contribution in [2.75, 3.05) is 6.61 Å². The number of nitriles is 1. The lowest BCUT2D eigenvalue weighted by atomic mass is 10.2. The van der Waals surface area contributed by atoms with Crippen molar-refractivity contribution in [2.45, 2.75) is 13.8 Å². The van der Waals surface area contributed by atoms with E-state index in [9.17, 15) is 4.79 Å². The molecule has 0 N–H and O–H groups in total. The van der Waals surface area contributed by atoms with E-state index in [4.69, 9.17) is 10.00 Å². The van der Waals surface area contributed by atoms with E-state index in [0.29, 0.717) is 12.2 Å². The maximum atomic E-state index is 11.6. The van der Waals surface area contributed by atoms with E-state index >= 15 is 0 Å². The normalized spacial score (nSPS) is 11.1. The second-order valence-electron chi connectivity index (χ2n) is 5.60. The van der Waals surface area contributed by atoms with Gasteiger partial charge in [0.25, 0.3) is 0 Å². The molecule has 0 fully saturated rings. The van der Waals surface area contributed by atoms with Crippen LogP contribution in [0.4, 0.5) is 0 Å². The van der Waals surface area contributed by atoms with E-state index in [1.54, 1.807) is 23.7 Å². The first-order valence-corrected chi connectivity index (χ1v) is 7.95. The number of hydrogen-bond acceptors (Lipinski definition) is 4. The van der Waals surface area contributed by atoms with Crippen molar-refractivity contribution in [1.29, 1.82) is 5.26 Å². The molecule has 3 rings (SSSR count). The van der Waals surface area contributed by atoms with Crippen molar-refractivity contribution in [1.82, 2.24) is 14.3 Å².